The van der Waals surface area contributed by atoms with Crippen molar-refractivity contribution in [1.82, 2.24) is 0 Å². The highest BCUT2D eigenvalue weighted by Crippen LogP contribution is 2.30. The standard InChI is InChI=1S/C8H5F2NO5/c1-3-4(11(14)15)2-5(16-8(12)13)7(10)6(3)9/h2H,1H3,(H,12,13). The van der Waals surface area contributed by atoms with Crippen molar-refractivity contribution >= 4 is 11.8 Å². The number of carboxylic acid groups (broad SMARTS) is 1. The van der Waals surface area contributed by atoms with E-state index in [1.54, 1.807) is 0 Å². The van der Waals surface area contributed by atoms with E-state index in [4.69, 9.17) is 5.11 Å². The van der Waals surface area contributed by atoms with Gasteiger partial charge in [0.1, 0.15) is 0 Å². The molecule has 0 amide bonds. The first-order valence-electron chi connectivity index (χ1n) is 3.88. The van der Waals surface area contributed by atoms with Gasteiger partial charge in [-0.3, -0.25) is 10.1 Å². The summed E-state index contributed by atoms with van der Waals surface area (Å²) in [4.78, 5) is 19.6. The van der Waals surface area contributed by atoms with Crippen LogP contribution in [0.3, 0.4) is 0 Å². The lowest BCUT2D eigenvalue weighted by Crippen LogP contribution is -2.07. The zero-order valence-corrected chi connectivity index (χ0v) is 7.86. The molecule has 0 saturated heterocycles. The monoisotopic (exact) mass is 233 g/mol. The highest BCUT2D eigenvalue weighted by Gasteiger charge is 2.24. The molecule has 1 N–H and O–H groups in total. The maximum absolute atomic E-state index is 13.1. The van der Waals surface area contributed by atoms with E-state index in [1.807, 2.05) is 0 Å². The lowest BCUT2D eigenvalue weighted by atomic mass is 10.1. The van der Waals surface area contributed by atoms with Gasteiger partial charge in [0.25, 0.3) is 5.69 Å². The third-order valence-electron chi connectivity index (χ3n) is 1.78. The van der Waals surface area contributed by atoms with Crippen LogP contribution in [0.15, 0.2) is 6.07 Å². The summed E-state index contributed by atoms with van der Waals surface area (Å²) in [6, 6.07) is 0.516. The van der Waals surface area contributed by atoms with E-state index in [9.17, 15) is 23.7 Å². The Hall–Kier alpha value is -2.25. The summed E-state index contributed by atoms with van der Waals surface area (Å²) >= 11 is 0. The second-order valence-corrected chi connectivity index (χ2v) is 2.77. The predicted octanol–water partition coefficient (Wildman–Crippen LogP) is 2.24. The number of nitro benzene ring substituents is 1. The fraction of sp³-hybridized carbons (Fsp3) is 0.125. The van der Waals surface area contributed by atoms with E-state index < -0.39 is 39.7 Å². The molecule has 0 bridgehead atoms. The minimum atomic E-state index is -1.89. The quantitative estimate of drug-likeness (QED) is 0.366. The highest BCUT2D eigenvalue weighted by molar-refractivity contribution is 5.62. The fourth-order valence-electron chi connectivity index (χ4n) is 1.04. The van der Waals surface area contributed by atoms with E-state index >= 15 is 0 Å². The minimum Gasteiger partial charge on any atom is -0.449 e. The van der Waals surface area contributed by atoms with Gasteiger partial charge < -0.3 is 9.84 Å². The zero-order chi connectivity index (χ0) is 12.5. The molecule has 0 aromatic heterocycles. The minimum absolute atomic E-state index is 0.516. The summed E-state index contributed by atoms with van der Waals surface area (Å²) < 4.78 is 30.1. The molecular formula is C8H5F2NO5. The maximum atomic E-state index is 13.1. The molecule has 0 unspecified atom stereocenters. The molecular weight excluding hydrogens is 228 g/mol. The van der Waals surface area contributed by atoms with Crippen molar-refractivity contribution in [1.29, 1.82) is 0 Å². The number of halogens is 2. The molecule has 1 aromatic carbocycles. The van der Waals surface area contributed by atoms with Gasteiger partial charge in [0.05, 0.1) is 16.6 Å². The first-order valence-corrected chi connectivity index (χ1v) is 3.88. The average Bonchev–Trinajstić information content (AvgIpc) is 2.18. The second-order valence-electron chi connectivity index (χ2n) is 2.77. The summed E-state index contributed by atoms with van der Waals surface area (Å²) in [5.74, 6) is -4.13. The fourth-order valence-corrected chi connectivity index (χ4v) is 1.04. The molecule has 0 aliphatic carbocycles. The molecule has 1 rings (SSSR count). The van der Waals surface area contributed by atoms with Gasteiger partial charge in [0.15, 0.2) is 11.6 Å². The molecule has 1 aromatic rings. The van der Waals surface area contributed by atoms with Crippen LogP contribution in [0, 0.1) is 28.7 Å². The van der Waals surface area contributed by atoms with Crippen molar-refractivity contribution in [3.05, 3.63) is 33.4 Å². The molecule has 0 atom stereocenters. The van der Waals surface area contributed by atoms with Crippen LogP contribution in [0.4, 0.5) is 19.3 Å². The number of nitro groups is 1. The van der Waals surface area contributed by atoms with Crippen molar-refractivity contribution in [2.45, 2.75) is 6.92 Å². The van der Waals surface area contributed by atoms with Gasteiger partial charge >= 0.3 is 6.16 Å². The number of ether oxygens (including phenoxy) is 1. The van der Waals surface area contributed by atoms with Gasteiger partial charge in [-0.15, -0.1) is 0 Å². The SMILES string of the molecule is Cc1c([N+](=O)[O-])cc(OC(=O)O)c(F)c1F. The predicted molar refractivity (Wildman–Crippen MR) is 46.4 cm³/mol. The largest absolute Gasteiger partial charge is 0.511 e. The van der Waals surface area contributed by atoms with Crippen LogP contribution in [0.5, 0.6) is 5.75 Å². The maximum Gasteiger partial charge on any atom is 0.511 e. The van der Waals surface area contributed by atoms with Crippen molar-refractivity contribution in [3.8, 4) is 5.75 Å². The Labute approximate surface area is 87.2 Å². The summed E-state index contributed by atoms with van der Waals surface area (Å²) in [7, 11) is 0. The molecule has 8 heteroatoms. The third kappa shape index (κ3) is 2.05. The molecule has 0 spiro atoms. The first kappa shape index (κ1) is 11.8. The van der Waals surface area contributed by atoms with E-state index in [-0.39, 0.29) is 0 Å². The Bertz CT molecular complexity index is 474. The molecule has 0 aliphatic heterocycles. The topological polar surface area (TPSA) is 89.7 Å². The van der Waals surface area contributed by atoms with Gasteiger partial charge in [-0.25, -0.2) is 9.18 Å². The Kier molecular flexibility index (Phi) is 3.02. The molecule has 0 radical (unpaired) electrons. The number of nitrogens with zero attached hydrogens (tertiary/aromatic N) is 1. The van der Waals surface area contributed by atoms with Crippen LogP contribution < -0.4 is 4.74 Å². The van der Waals surface area contributed by atoms with Crippen molar-refractivity contribution in [2.24, 2.45) is 0 Å². The van der Waals surface area contributed by atoms with Gasteiger partial charge in [-0.1, -0.05) is 0 Å². The molecule has 0 heterocycles. The van der Waals surface area contributed by atoms with Gasteiger partial charge in [-0.05, 0) is 6.92 Å². The average molecular weight is 233 g/mol. The van der Waals surface area contributed by atoms with Crippen molar-refractivity contribution in [3.63, 3.8) is 0 Å². The summed E-state index contributed by atoms with van der Waals surface area (Å²) in [5, 5.41) is 18.6. The van der Waals surface area contributed by atoms with Crippen LogP contribution in [-0.2, 0) is 0 Å². The Morgan fingerprint density at radius 3 is 2.50 bits per heavy atom. The normalized spacial score (nSPS) is 9.94. The smallest absolute Gasteiger partial charge is 0.449 e. The first-order chi connectivity index (χ1) is 7.34. The zero-order valence-electron chi connectivity index (χ0n) is 7.86. The van der Waals surface area contributed by atoms with Crippen LogP contribution in [0.2, 0.25) is 0 Å². The van der Waals surface area contributed by atoms with Crippen LogP contribution >= 0.6 is 0 Å². The molecule has 0 fully saturated rings. The van der Waals surface area contributed by atoms with E-state index in [0.717, 1.165) is 6.92 Å². The lowest BCUT2D eigenvalue weighted by Gasteiger charge is -2.05. The number of hydrogen-bond donors (Lipinski definition) is 1. The Balaban J connectivity index is 3.40. The van der Waals surface area contributed by atoms with Crippen LogP contribution in [-0.4, -0.2) is 16.2 Å². The molecule has 16 heavy (non-hydrogen) atoms. The van der Waals surface area contributed by atoms with Gasteiger partial charge in [-0.2, -0.15) is 4.39 Å². The van der Waals surface area contributed by atoms with E-state index in [2.05, 4.69) is 4.74 Å². The summed E-state index contributed by atoms with van der Waals surface area (Å²) in [6.07, 6.45) is -1.89. The molecule has 0 aliphatic rings. The van der Waals surface area contributed by atoms with Crippen LogP contribution in [0.25, 0.3) is 0 Å². The summed E-state index contributed by atoms with van der Waals surface area (Å²) in [5.41, 5.74) is -1.28. The van der Waals surface area contributed by atoms with Gasteiger partial charge in [0.2, 0.25) is 5.82 Å². The number of rotatable bonds is 2. The second kappa shape index (κ2) is 4.09. The molecule has 6 nitrogen and oxygen atoms in total. The number of benzene rings is 1. The molecule has 0 saturated carbocycles. The van der Waals surface area contributed by atoms with Crippen LogP contribution in [0.1, 0.15) is 5.56 Å². The van der Waals surface area contributed by atoms with Gasteiger partial charge in [0, 0.05) is 0 Å². The molecule has 86 valence electrons. The van der Waals surface area contributed by atoms with Crippen molar-refractivity contribution < 1.29 is 28.3 Å². The third-order valence-corrected chi connectivity index (χ3v) is 1.78. The van der Waals surface area contributed by atoms with E-state index in [1.165, 1.54) is 0 Å². The summed E-state index contributed by atoms with van der Waals surface area (Å²) in [6.45, 7) is 1.00. The highest BCUT2D eigenvalue weighted by atomic mass is 19.2. The lowest BCUT2D eigenvalue weighted by molar-refractivity contribution is -0.385. The Morgan fingerprint density at radius 2 is 2.06 bits per heavy atom. The number of hydrogen-bond acceptors (Lipinski definition) is 4. The Morgan fingerprint density at radius 1 is 1.50 bits per heavy atom. The number of carbonyl (C=O) groups is 1. The van der Waals surface area contributed by atoms with Crippen molar-refractivity contribution in [2.75, 3.05) is 0 Å². The van der Waals surface area contributed by atoms with E-state index in [0.29, 0.717) is 6.07 Å².